The van der Waals surface area contributed by atoms with Crippen molar-refractivity contribution in [1.82, 2.24) is 9.80 Å². The Kier molecular flexibility index (Phi) is 5.95. The van der Waals surface area contributed by atoms with Crippen LogP contribution >= 0.6 is 22.6 Å². The molecule has 2 saturated heterocycles. The number of hydrogen-bond donors (Lipinski definition) is 2. The van der Waals surface area contributed by atoms with Gasteiger partial charge in [-0.25, -0.2) is 13.2 Å². The first kappa shape index (κ1) is 21.4. The fraction of sp³-hybridized carbons (Fsp3) is 0.381. The molecular weight excluding hydrogens is 510 g/mol. The van der Waals surface area contributed by atoms with Gasteiger partial charge in [0, 0.05) is 16.7 Å². The summed E-state index contributed by atoms with van der Waals surface area (Å²) in [4.78, 5) is 16.3. The van der Waals surface area contributed by atoms with Gasteiger partial charge in [0.05, 0.1) is 30.0 Å². The quantitative estimate of drug-likeness (QED) is 0.585. The summed E-state index contributed by atoms with van der Waals surface area (Å²) >= 11 is 1.93. The highest BCUT2D eigenvalue weighted by molar-refractivity contribution is 14.1. The first-order valence-corrected chi connectivity index (χ1v) is 10.8. The van der Waals surface area contributed by atoms with Gasteiger partial charge in [0.1, 0.15) is 5.82 Å². The Balaban J connectivity index is 1.57. The molecule has 0 atom stereocenters. The molecule has 1 amide bonds. The molecule has 2 aromatic carbocycles. The minimum Gasteiger partial charge on any atom is -0.372 e. The molecule has 2 heterocycles. The molecule has 0 saturated carbocycles. The number of nitrogens with zero attached hydrogens (tertiary/aromatic N) is 2. The molecule has 2 aliphatic heterocycles. The van der Waals surface area contributed by atoms with E-state index in [0.717, 1.165) is 38.4 Å². The summed E-state index contributed by atoms with van der Waals surface area (Å²) in [6, 6.07) is 6.30. The number of hydrogen-bond acceptors (Lipinski definition) is 4. The van der Waals surface area contributed by atoms with Crippen LogP contribution in [0.2, 0.25) is 0 Å². The van der Waals surface area contributed by atoms with E-state index in [9.17, 15) is 23.1 Å². The lowest BCUT2D eigenvalue weighted by Crippen LogP contribution is -2.71. The summed E-state index contributed by atoms with van der Waals surface area (Å²) < 4.78 is 43.3. The zero-order valence-electron chi connectivity index (χ0n) is 16.1. The van der Waals surface area contributed by atoms with E-state index in [1.807, 2.05) is 27.5 Å². The highest BCUT2D eigenvalue weighted by Gasteiger charge is 2.48. The van der Waals surface area contributed by atoms with E-state index in [-0.39, 0.29) is 24.3 Å². The monoisotopic (exact) mass is 531 g/mol. The summed E-state index contributed by atoms with van der Waals surface area (Å²) in [6.45, 7) is 1.70. The number of piperidine rings is 1. The van der Waals surface area contributed by atoms with Crippen LogP contribution in [-0.4, -0.2) is 52.7 Å². The maximum Gasteiger partial charge on any atom is 0.256 e. The van der Waals surface area contributed by atoms with Gasteiger partial charge in [-0.1, -0.05) is 6.42 Å². The summed E-state index contributed by atoms with van der Waals surface area (Å²) in [5.41, 5.74) is -1.70. The first-order chi connectivity index (χ1) is 14.3. The molecule has 0 spiro atoms. The smallest absolute Gasteiger partial charge is 0.256 e. The van der Waals surface area contributed by atoms with Gasteiger partial charge in [-0.15, -0.1) is 0 Å². The Morgan fingerprint density at radius 2 is 1.73 bits per heavy atom. The van der Waals surface area contributed by atoms with E-state index in [1.165, 1.54) is 23.1 Å². The standard InChI is InChI=1S/C21H21F3IN3O2/c22-15-6-5-14(19(18(15)24)26-17-7-4-13(25)10-16(17)23)20(29)27-11-21(30,12-27)28-8-2-1-3-9-28/h4-7,10,26,30H,1-3,8-9,11-12H2. The van der Waals surface area contributed by atoms with Crippen molar-refractivity contribution in [3.63, 3.8) is 0 Å². The van der Waals surface area contributed by atoms with Crippen molar-refractivity contribution in [3.8, 4) is 0 Å². The van der Waals surface area contributed by atoms with Crippen LogP contribution in [0.1, 0.15) is 29.6 Å². The van der Waals surface area contributed by atoms with Crippen LogP contribution in [-0.2, 0) is 0 Å². The van der Waals surface area contributed by atoms with E-state index < -0.39 is 34.8 Å². The maximum absolute atomic E-state index is 14.6. The fourth-order valence-corrected chi connectivity index (χ4v) is 4.42. The van der Waals surface area contributed by atoms with Gasteiger partial charge >= 0.3 is 0 Å². The lowest BCUT2D eigenvalue weighted by atomic mass is 9.97. The lowest BCUT2D eigenvalue weighted by molar-refractivity contribution is -0.189. The minimum absolute atomic E-state index is 0.0672. The third kappa shape index (κ3) is 4.02. The van der Waals surface area contributed by atoms with E-state index in [4.69, 9.17) is 0 Å². The Bertz CT molecular complexity index is 976. The molecule has 0 aliphatic carbocycles. The van der Waals surface area contributed by atoms with Gasteiger partial charge in [0.25, 0.3) is 5.91 Å². The van der Waals surface area contributed by atoms with Crippen LogP contribution < -0.4 is 5.32 Å². The van der Waals surface area contributed by atoms with Crippen molar-refractivity contribution in [3.05, 3.63) is 56.9 Å². The molecule has 0 bridgehead atoms. The number of aliphatic hydroxyl groups is 1. The molecule has 2 N–H and O–H groups in total. The summed E-state index contributed by atoms with van der Waals surface area (Å²) in [7, 11) is 0. The number of β-amino-alcohol motifs (C(OH)–C–C–N with tert-alkyl or cyclic N) is 1. The Morgan fingerprint density at radius 3 is 2.40 bits per heavy atom. The Labute approximate surface area is 186 Å². The molecule has 4 rings (SSSR count). The largest absolute Gasteiger partial charge is 0.372 e. The molecule has 160 valence electrons. The van der Waals surface area contributed by atoms with Crippen molar-refractivity contribution in [1.29, 1.82) is 0 Å². The summed E-state index contributed by atoms with van der Waals surface area (Å²) in [5, 5.41) is 13.3. The number of halogens is 4. The Morgan fingerprint density at radius 1 is 1.03 bits per heavy atom. The van der Waals surface area contributed by atoms with Crippen LogP contribution in [0.4, 0.5) is 24.5 Å². The minimum atomic E-state index is -1.26. The molecule has 2 aromatic rings. The predicted octanol–water partition coefficient (Wildman–Crippen LogP) is 4.08. The number of likely N-dealkylation sites (tertiary alicyclic amines) is 2. The molecular formula is C21H21F3IN3O2. The summed E-state index contributed by atoms with van der Waals surface area (Å²) in [5.74, 6) is -3.60. The van der Waals surface area contributed by atoms with Crippen LogP contribution in [0.25, 0.3) is 0 Å². The van der Waals surface area contributed by atoms with Gasteiger partial charge in [0.2, 0.25) is 0 Å². The number of rotatable bonds is 4. The average molecular weight is 531 g/mol. The number of benzene rings is 2. The van der Waals surface area contributed by atoms with Gasteiger partial charge < -0.3 is 15.3 Å². The molecule has 30 heavy (non-hydrogen) atoms. The van der Waals surface area contributed by atoms with E-state index in [1.54, 1.807) is 6.07 Å². The zero-order chi connectivity index (χ0) is 21.5. The zero-order valence-corrected chi connectivity index (χ0v) is 18.3. The SMILES string of the molecule is O=C(c1ccc(F)c(F)c1Nc1ccc(I)cc1F)N1CC(O)(N2CCCCC2)C1. The van der Waals surface area contributed by atoms with Gasteiger partial charge in [-0.05, 0) is 65.8 Å². The number of amides is 1. The van der Waals surface area contributed by atoms with Gasteiger partial charge in [-0.3, -0.25) is 9.69 Å². The second-order valence-electron chi connectivity index (χ2n) is 7.72. The topological polar surface area (TPSA) is 55.8 Å². The fourth-order valence-electron chi connectivity index (χ4n) is 3.97. The average Bonchev–Trinajstić information content (AvgIpc) is 2.71. The van der Waals surface area contributed by atoms with Crippen LogP contribution in [0.5, 0.6) is 0 Å². The Hall–Kier alpha value is -1.85. The molecule has 2 aliphatic rings. The normalized spacial score (nSPS) is 18.8. The van der Waals surface area contributed by atoms with Crippen molar-refractivity contribution in [2.45, 2.75) is 25.0 Å². The van der Waals surface area contributed by atoms with Crippen molar-refractivity contribution in [2.75, 3.05) is 31.5 Å². The predicted molar refractivity (Wildman–Crippen MR) is 115 cm³/mol. The van der Waals surface area contributed by atoms with E-state index in [2.05, 4.69) is 5.32 Å². The maximum atomic E-state index is 14.6. The van der Waals surface area contributed by atoms with E-state index >= 15 is 0 Å². The number of carbonyl (C=O) groups is 1. The number of anilines is 2. The molecule has 0 unspecified atom stereocenters. The molecule has 0 radical (unpaired) electrons. The first-order valence-electron chi connectivity index (χ1n) is 9.75. The highest BCUT2D eigenvalue weighted by atomic mass is 127. The second-order valence-corrected chi connectivity index (χ2v) is 8.97. The molecule has 0 aromatic heterocycles. The van der Waals surface area contributed by atoms with Gasteiger partial charge in [0.15, 0.2) is 17.4 Å². The van der Waals surface area contributed by atoms with Crippen LogP contribution in [0, 0.1) is 21.0 Å². The van der Waals surface area contributed by atoms with Crippen LogP contribution in [0.15, 0.2) is 30.3 Å². The third-order valence-electron chi connectivity index (χ3n) is 5.64. The van der Waals surface area contributed by atoms with Gasteiger partial charge in [-0.2, -0.15) is 0 Å². The summed E-state index contributed by atoms with van der Waals surface area (Å²) in [6.07, 6.45) is 3.11. The van der Waals surface area contributed by atoms with Crippen molar-refractivity contribution in [2.24, 2.45) is 0 Å². The second kappa shape index (κ2) is 8.35. The molecule has 9 heteroatoms. The lowest BCUT2D eigenvalue weighted by Gasteiger charge is -2.53. The number of nitrogens with one attached hydrogen (secondary N) is 1. The molecule has 5 nitrogen and oxygen atoms in total. The molecule has 2 fully saturated rings. The van der Waals surface area contributed by atoms with Crippen LogP contribution in [0.3, 0.4) is 0 Å². The third-order valence-corrected chi connectivity index (χ3v) is 6.31. The van der Waals surface area contributed by atoms with E-state index in [0.29, 0.717) is 3.57 Å². The number of carbonyl (C=O) groups excluding carboxylic acids is 1. The van der Waals surface area contributed by atoms with Crippen molar-refractivity contribution < 1.29 is 23.1 Å². The highest BCUT2D eigenvalue weighted by Crippen LogP contribution is 2.33. The van der Waals surface area contributed by atoms with Crippen molar-refractivity contribution >= 4 is 39.9 Å².